The topological polar surface area (TPSA) is 93.1 Å². The number of ether oxygens (including phenoxy) is 2. The van der Waals surface area contributed by atoms with Crippen LogP contribution >= 0.6 is 0 Å². The highest BCUT2D eigenvalue weighted by atomic mass is 19.4. The fraction of sp³-hybridized carbons (Fsp3) is 0.0435. The summed E-state index contributed by atoms with van der Waals surface area (Å²) in [6.45, 7) is 0. The molecular weight excluding hydrogens is 429 g/mol. The minimum Gasteiger partial charge on any atom is -0.478 e. The first kappa shape index (κ1) is 22.4. The Morgan fingerprint density at radius 1 is 0.812 bits per heavy atom. The smallest absolute Gasteiger partial charge is 0.478 e. The van der Waals surface area contributed by atoms with Gasteiger partial charge >= 0.3 is 18.3 Å². The Kier molecular flexibility index (Phi) is 6.48. The molecular formula is C23H15F3O6. The molecule has 0 saturated heterocycles. The summed E-state index contributed by atoms with van der Waals surface area (Å²) in [5.74, 6) is -2.00. The molecule has 0 bridgehead atoms. The summed E-state index contributed by atoms with van der Waals surface area (Å²) in [4.78, 5) is 21.9. The van der Waals surface area contributed by atoms with Crippen LogP contribution in [-0.4, -0.2) is 28.5 Å². The lowest BCUT2D eigenvalue weighted by Gasteiger charge is -2.12. The Hall–Kier alpha value is -4.27. The summed E-state index contributed by atoms with van der Waals surface area (Å²) in [6.07, 6.45) is -2.56. The monoisotopic (exact) mass is 444 g/mol. The number of aliphatic carboxylic acids is 1. The molecule has 32 heavy (non-hydrogen) atoms. The number of rotatable bonds is 7. The molecule has 164 valence electrons. The Bertz CT molecular complexity index is 1150. The minimum absolute atomic E-state index is 0.0802. The standard InChI is InChI=1S/C23H15F3O6/c24-23(25,26)32-19-9-1-14(2-10-19)16-5-11-20(17(13-16)6-12-21(27)28)31-18-7-3-15(4-8-18)22(29)30/h1-13H,(H,27,28)(H,29,30). The van der Waals surface area contributed by atoms with Crippen LogP contribution in [0.1, 0.15) is 15.9 Å². The van der Waals surface area contributed by atoms with E-state index < -0.39 is 18.3 Å². The molecule has 3 rings (SSSR count). The maximum absolute atomic E-state index is 12.3. The highest BCUT2D eigenvalue weighted by Crippen LogP contribution is 2.32. The Morgan fingerprint density at radius 3 is 1.97 bits per heavy atom. The quantitative estimate of drug-likeness (QED) is 0.445. The number of hydrogen-bond acceptors (Lipinski definition) is 4. The van der Waals surface area contributed by atoms with Gasteiger partial charge in [0.05, 0.1) is 5.56 Å². The van der Waals surface area contributed by atoms with Crippen LogP contribution in [-0.2, 0) is 4.79 Å². The first-order chi connectivity index (χ1) is 15.1. The van der Waals surface area contributed by atoms with Crippen molar-refractivity contribution in [3.05, 3.63) is 83.9 Å². The summed E-state index contributed by atoms with van der Waals surface area (Å²) in [5.41, 5.74) is 1.64. The van der Waals surface area contributed by atoms with Gasteiger partial charge < -0.3 is 19.7 Å². The Balaban J connectivity index is 1.90. The molecule has 0 radical (unpaired) electrons. The molecule has 2 N–H and O–H groups in total. The van der Waals surface area contributed by atoms with E-state index in [1.165, 1.54) is 54.6 Å². The number of alkyl halides is 3. The second-order valence-electron chi connectivity index (χ2n) is 6.43. The molecule has 0 saturated carbocycles. The second kappa shape index (κ2) is 9.25. The maximum Gasteiger partial charge on any atom is 0.573 e. The van der Waals surface area contributed by atoms with Crippen LogP contribution in [0.25, 0.3) is 17.2 Å². The molecule has 6 nitrogen and oxygen atoms in total. The summed E-state index contributed by atoms with van der Waals surface area (Å²) in [5, 5.41) is 17.9. The second-order valence-corrected chi connectivity index (χ2v) is 6.43. The van der Waals surface area contributed by atoms with Crippen molar-refractivity contribution in [3.63, 3.8) is 0 Å². The van der Waals surface area contributed by atoms with Crippen molar-refractivity contribution in [2.45, 2.75) is 6.36 Å². The minimum atomic E-state index is -4.79. The number of carboxylic acids is 2. The van der Waals surface area contributed by atoms with Gasteiger partial charge in [0, 0.05) is 11.6 Å². The van der Waals surface area contributed by atoms with Gasteiger partial charge in [-0.15, -0.1) is 13.2 Å². The number of halogens is 3. The van der Waals surface area contributed by atoms with Gasteiger partial charge in [0.25, 0.3) is 0 Å². The number of carboxylic acid groups (broad SMARTS) is 2. The third-order valence-electron chi connectivity index (χ3n) is 4.17. The summed E-state index contributed by atoms with van der Waals surface area (Å²) < 4.78 is 46.6. The molecule has 0 aliphatic rings. The molecule has 0 heterocycles. The molecule has 0 spiro atoms. The van der Waals surface area contributed by atoms with Crippen LogP contribution in [0.3, 0.4) is 0 Å². The van der Waals surface area contributed by atoms with Gasteiger partial charge in [-0.1, -0.05) is 18.2 Å². The van der Waals surface area contributed by atoms with Gasteiger partial charge in [0.2, 0.25) is 0 Å². The molecule has 0 aromatic heterocycles. The zero-order chi connectivity index (χ0) is 23.3. The lowest BCUT2D eigenvalue weighted by Crippen LogP contribution is -2.16. The predicted molar refractivity (Wildman–Crippen MR) is 109 cm³/mol. The largest absolute Gasteiger partial charge is 0.573 e. The average molecular weight is 444 g/mol. The molecule has 9 heteroatoms. The molecule has 0 fully saturated rings. The van der Waals surface area contributed by atoms with Crippen molar-refractivity contribution in [2.75, 3.05) is 0 Å². The highest BCUT2D eigenvalue weighted by Gasteiger charge is 2.30. The van der Waals surface area contributed by atoms with Crippen LogP contribution in [0.5, 0.6) is 17.2 Å². The van der Waals surface area contributed by atoms with E-state index in [-0.39, 0.29) is 11.3 Å². The fourth-order valence-electron chi connectivity index (χ4n) is 2.75. The fourth-order valence-corrected chi connectivity index (χ4v) is 2.75. The van der Waals surface area contributed by atoms with Crippen LogP contribution in [0.4, 0.5) is 13.2 Å². The third-order valence-corrected chi connectivity index (χ3v) is 4.17. The summed E-state index contributed by atoms with van der Waals surface area (Å²) >= 11 is 0. The van der Waals surface area contributed by atoms with Crippen molar-refractivity contribution >= 4 is 18.0 Å². The number of benzene rings is 3. The number of aromatic carboxylic acids is 1. The van der Waals surface area contributed by atoms with E-state index in [4.69, 9.17) is 14.9 Å². The van der Waals surface area contributed by atoms with Crippen LogP contribution in [0.15, 0.2) is 72.8 Å². The van der Waals surface area contributed by atoms with Crippen LogP contribution in [0.2, 0.25) is 0 Å². The van der Waals surface area contributed by atoms with Gasteiger partial charge in [0.15, 0.2) is 0 Å². The van der Waals surface area contributed by atoms with E-state index >= 15 is 0 Å². The first-order valence-electron chi connectivity index (χ1n) is 9.03. The van der Waals surface area contributed by atoms with Gasteiger partial charge in [0.1, 0.15) is 17.2 Å². The predicted octanol–water partition coefficient (Wildman–Crippen LogP) is 5.84. The van der Waals surface area contributed by atoms with E-state index in [1.54, 1.807) is 18.2 Å². The highest BCUT2D eigenvalue weighted by molar-refractivity contribution is 5.88. The zero-order valence-corrected chi connectivity index (χ0v) is 16.2. The van der Waals surface area contributed by atoms with E-state index in [2.05, 4.69) is 4.74 Å². The van der Waals surface area contributed by atoms with Gasteiger partial charge in [-0.25, -0.2) is 9.59 Å². The van der Waals surface area contributed by atoms with Crippen LogP contribution in [0, 0.1) is 0 Å². The number of carbonyl (C=O) groups is 2. The summed E-state index contributed by atoms with van der Waals surface area (Å²) in [7, 11) is 0. The first-order valence-corrected chi connectivity index (χ1v) is 9.03. The van der Waals surface area contributed by atoms with Crippen molar-refractivity contribution < 1.29 is 42.4 Å². The van der Waals surface area contributed by atoms with Gasteiger partial charge in [-0.05, 0) is 65.7 Å². The Morgan fingerprint density at radius 2 is 1.41 bits per heavy atom. The van der Waals surface area contributed by atoms with Crippen molar-refractivity contribution in [3.8, 4) is 28.4 Å². The molecule has 0 aliphatic heterocycles. The van der Waals surface area contributed by atoms with E-state index in [1.807, 2.05) is 0 Å². The number of hydrogen-bond donors (Lipinski definition) is 2. The average Bonchev–Trinajstić information content (AvgIpc) is 2.73. The van der Waals surface area contributed by atoms with Crippen LogP contribution < -0.4 is 9.47 Å². The molecule has 0 unspecified atom stereocenters. The SMILES string of the molecule is O=C(O)C=Cc1cc(-c2ccc(OC(F)(F)F)cc2)ccc1Oc1ccc(C(=O)O)cc1. The molecule has 0 atom stereocenters. The Labute approximate surface area is 179 Å². The van der Waals surface area contributed by atoms with Crippen molar-refractivity contribution in [1.29, 1.82) is 0 Å². The lowest BCUT2D eigenvalue weighted by atomic mass is 10.0. The zero-order valence-electron chi connectivity index (χ0n) is 16.2. The molecule has 0 aliphatic carbocycles. The molecule has 3 aromatic rings. The lowest BCUT2D eigenvalue weighted by molar-refractivity contribution is -0.274. The maximum atomic E-state index is 12.3. The van der Waals surface area contributed by atoms with E-state index in [9.17, 15) is 22.8 Å². The van der Waals surface area contributed by atoms with Crippen molar-refractivity contribution in [2.24, 2.45) is 0 Å². The summed E-state index contributed by atoms with van der Waals surface area (Å²) in [6, 6.07) is 15.7. The van der Waals surface area contributed by atoms with Gasteiger partial charge in [-0.3, -0.25) is 0 Å². The van der Waals surface area contributed by atoms with E-state index in [0.717, 1.165) is 6.08 Å². The van der Waals surface area contributed by atoms with Gasteiger partial charge in [-0.2, -0.15) is 0 Å². The third kappa shape index (κ3) is 6.11. The van der Waals surface area contributed by atoms with E-state index in [0.29, 0.717) is 28.2 Å². The molecule has 0 amide bonds. The normalized spacial score (nSPS) is 11.3. The molecule has 3 aromatic carbocycles. The van der Waals surface area contributed by atoms with Crippen molar-refractivity contribution in [1.82, 2.24) is 0 Å².